The Morgan fingerprint density at radius 1 is 1.06 bits per heavy atom. The van der Waals surface area contributed by atoms with Crippen LogP contribution in [-0.2, 0) is 6.42 Å². The number of aromatic amines is 1. The molecule has 0 unspecified atom stereocenters. The fourth-order valence-electron chi connectivity index (χ4n) is 2.14. The third-order valence-electron chi connectivity index (χ3n) is 3.04. The number of aromatic nitrogens is 2. The SMILES string of the molecule is CCc1ncc(-c2cccc3ccccc23)[nH]1. The molecule has 1 N–H and O–H groups in total. The van der Waals surface area contributed by atoms with E-state index in [0.717, 1.165) is 17.9 Å². The first-order valence-corrected chi connectivity index (χ1v) is 5.90. The van der Waals surface area contributed by atoms with Crippen molar-refractivity contribution in [2.24, 2.45) is 0 Å². The predicted octanol–water partition coefficient (Wildman–Crippen LogP) is 3.79. The molecule has 84 valence electrons. The first-order valence-electron chi connectivity index (χ1n) is 5.90. The fourth-order valence-corrected chi connectivity index (χ4v) is 2.14. The molecule has 0 atom stereocenters. The number of benzene rings is 2. The van der Waals surface area contributed by atoms with Crippen molar-refractivity contribution >= 4 is 10.8 Å². The van der Waals surface area contributed by atoms with E-state index in [1.807, 2.05) is 6.20 Å². The molecule has 0 bridgehead atoms. The van der Waals surface area contributed by atoms with Gasteiger partial charge in [0.05, 0.1) is 11.9 Å². The van der Waals surface area contributed by atoms with Gasteiger partial charge in [-0.2, -0.15) is 0 Å². The van der Waals surface area contributed by atoms with Gasteiger partial charge in [0.2, 0.25) is 0 Å². The number of aryl methyl sites for hydroxylation is 1. The summed E-state index contributed by atoms with van der Waals surface area (Å²) in [6.45, 7) is 2.10. The summed E-state index contributed by atoms with van der Waals surface area (Å²) in [7, 11) is 0. The van der Waals surface area contributed by atoms with Crippen LogP contribution in [0.1, 0.15) is 12.7 Å². The summed E-state index contributed by atoms with van der Waals surface area (Å²) in [5.41, 5.74) is 2.31. The zero-order chi connectivity index (χ0) is 11.7. The molecule has 0 saturated carbocycles. The maximum atomic E-state index is 4.36. The summed E-state index contributed by atoms with van der Waals surface area (Å²) in [5, 5.41) is 2.53. The number of hydrogen-bond acceptors (Lipinski definition) is 1. The number of imidazole rings is 1. The zero-order valence-electron chi connectivity index (χ0n) is 9.77. The molecule has 2 nitrogen and oxygen atoms in total. The van der Waals surface area contributed by atoms with Crippen molar-refractivity contribution in [1.29, 1.82) is 0 Å². The molecule has 0 radical (unpaired) electrons. The fraction of sp³-hybridized carbons (Fsp3) is 0.133. The van der Waals surface area contributed by atoms with E-state index >= 15 is 0 Å². The van der Waals surface area contributed by atoms with Crippen molar-refractivity contribution < 1.29 is 0 Å². The number of H-pyrrole nitrogens is 1. The Labute approximate surface area is 100 Å². The predicted molar refractivity (Wildman–Crippen MR) is 70.9 cm³/mol. The molecule has 0 saturated heterocycles. The molecule has 0 aliphatic carbocycles. The van der Waals surface area contributed by atoms with Crippen LogP contribution in [0.2, 0.25) is 0 Å². The summed E-state index contributed by atoms with van der Waals surface area (Å²) in [5.74, 6) is 1.04. The Kier molecular flexibility index (Phi) is 2.41. The lowest BCUT2D eigenvalue weighted by Gasteiger charge is -2.03. The maximum Gasteiger partial charge on any atom is 0.106 e. The normalized spacial score (nSPS) is 10.9. The molecular weight excluding hydrogens is 208 g/mol. The van der Waals surface area contributed by atoms with Crippen LogP contribution in [0.4, 0.5) is 0 Å². The molecule has 3 rings (SSSR count). The smallest absolute Gasteiger partial charge is 0.106 e. The molecule has 0 aliphatic rings. The summed E-state index contributed by atoms with van der Waals surface area (Å²) in [4.78, 5) is 7.72. The molecule has 1 heterocycles. The average molecular weight is 222 g/mol. The van der Waals surface area contributed by atoms with E-state index in [1.165, 1.54) is 16.3 Å². The summed E-state index contributed by atoms with van der Waals surface area (Å²) < 4.78 is 0. The molecule has 2 aromatic carbocycles. The van der Waals surface area contributed by atoms with Gasteiger partial charge < -0.3 is 4.98 Å². The number of nitrogens with zero attached hydrogens (tertiary/aromatic N) is 1. The molecule has 1 aromatic heterocycles. The van der Waals surface area contributed by atoms with E-state index in [4.69, 9.17) is 0 Å². The topological polar surface area (TPSA) is 28.7 Å². The van der Waals surface area contributed by atoms with E-state index in [1.54, 1.807) is 0 Å². The summed E-state index contributed by atoms with van der Waals surface area (Å²) in [6, 6.07) is 14.8. The highest BCUT2D eigenvalue weighted by atomic mass is 14.9. The van der Waals surface area contributed by atoms with E-state index in [-0.39, 0.29) is 0 Å². The molecule has 17 heavy (non-hydrogen) atoms. The molecule has 2 heteroatoms. The van der Waals surface area contributed by atoms with E-state index < -0.39 is 0 Å². The van der Waals surface area contributed by atoms with Crippen LogP contribution in [0.15, 0.2) is 48.7 Å². The van der Waals surface area contributed by atoms with Gasteiger partial charge in [0.1, 0.15) is 5.82 Å². The summed E-state index contributed by atoms with van der Waals surface area (Å²) in [6.07, 6.45) is 2.85. The van der Waals surface area contributed by atoms with Gasteiger partial charge in [-0.15, -0.1) is 0 Å². The van der Waals surface area contributed by atoms with Crippen LogP contribution < -0.4 is 0 Å². The minimum Gasteiger partial charge on any atom is -0.342 e. The lowest BCUT2D eigenvalue weighted by Crippen LogP contribution is -1.83. The van der Waals surface area contributed by atoms with Crippen molar-refractivity contribution in [2.45, 2.75) is 13.3 Å². The second kappa shape index (κ2) is 4.06. The van der Waals surface area contributed by atoms with Gasteiger partial charge in [-0.25, -0.2) is 4.98 Å². The minimum atomic E-state index is 0.935. The lowest BCUT2D eigenvalue weighted by atomic mass is 10.0. The van der Waals surface area contributed by atoms with Crippen molar-refractivity contribution in [3.05, 3.63) is 54.5 Å². The average Bonchev–Trinajstić information content (AvgIpc) is 2.87. The van der Waals surface area contributed by atoms with Crippen molar-refractivity contribution in [2.75, 3.05) is 0 Å². The molecule has 0 spiro atoms. The van der Waals surface area contributed by atoms with Crippen LogP contribution in [-0.4, -0.2) is 9.97 Å². The standard InChI is InChI=1S/C15H14N2/c1-2-15-16-10-14(17-15)13-9-5-7-11-6-3-4-8-12(11)13/h3-10H,2H2,1H3,(H,16,17). The summed E-state index contributed by atoms with van der Waals surface area (Å²) >= 11 is 0. The van der Waals surface area contributed by atoms with Gasteiger partial charge in [0, 0.05) is 12.0 Å². The van der Waals surface area contributed by atoms with Crippen molar-refractivity contribution in [1.82, 2.24) is 9.97 Å². The van der Waals surface area contributed by atoms with Crippen LogP contribution >= 0.6 is 0 Å². The van der Waals surface area contributed by atoms with E-state index in [0.29, 0.717) is 0 Å². The molecule has 0 amide bonds. The van der Waals surface area contributed by atoms with Crippen LogP contribution in [0, 0.1) is 0 Å². The van der Waals surface area contributed by atoms with Crippen molar-refractivity contribution in [3.63, 3.8) is 0 Å². The van der Waals surface area contributed by atoms with Gasteiger partial charge in [-0.3, -0.25) is 0 Å². The highest BCUT2D eigenvalue weighted by molar-refractivity contribution is 5.95. The number of hydrogen-bond donors (Lipinski definition) is 1. The highest BCUT2D eigenvalue weighted by Crippen LogP contribution is 2.27. The quantitative estimate of drug-likeness (QED) is 0.702. The largest absolute Gasteiger partial charge is 0.342 e. The van der Waals surface area contributed by atoms with Gasteiger partial charge in [-0.05, 0) is 10.8 Å². The first kappa shape index (κ1) is 10.1. The zero-order valence-corrected chi connectivity index (χ0v) is 9.77. The second-order valence-electron chi connectivity index (χ2n) is 4.12. The molecule has 0 aliphatic heterocycles. The van der Waals surface area contributed by atoms with Crippen LogP contribution in [0.3, 0.4) is 0 Å². The third-order valence-corrected chi connectivity index (χ3v) is 3.04. The Morgan fingerprint density at radius 2 is 1.88 bits per heavy atom. The minimum absolute atomic E-state index is 0.935. The van der Waals surface area contributed by atoms with E-state index in [9.17, 15) is 0 Å². The second-order valence-corrected chi connectivity index (χ2v) is 4.12. The Bertz CT molecular complexity index is 647. The maximum absolute atomic E-state index is 4.36. The Balaban J connectivity index is 2.23. The Hall–Kier alpha value is -2.09. The first-order chi connectivity index (χ1) is 8.38. The molecule has 3 aromatic rings. The Morgan fingerprint density at radius 3 is 2.71 bits per heavy atom. The van der Waals surface area contributed by atoms with Gasteiger partial charge in [0.15, 0.2) is 0 Å². The van der Waals surface area contributed by atoms with Gasteiger partial charge >= 0.3 is 0 Å². The van der Waals surface area contributed by atoms with Crippen molar-refractivity contribution in [3.8, 4) is 11.3 Å². The number of fused-ring (bicyclic) bond motifs is 1. The lowest BCUT2D eigenvalue weighted by molar-refractivity contribution is 0.991. The van der Waals surface area contributed by atoms with Gasteiger partial charge in [0.25, 0.3) is 0 Å². The number of nitrogens with one attached hydrogen (secondary N) is 1. The number of rotatable bonds is 2. The third kappa shape index (κ3) is 1.72. The van der Waals surface area contributed by atoms with Crippen LogP contribution in [0.25, 0.3) is 22.0 Å². The molecular formula is C15H14N2. The van der Waals surface area contributed by atoms with E-state index in [2.05, 4.69) is 59.4 Å². The monoisotopic (exact) mass is 222 g/mol. The van der Waals surface area contributed by atoms with Gasteiger partial charge in [-0.1, -0.05) is 49.4 Å². The molecule has 0 fully saturated rings. The van der Waals surface area contributed by atoms with Crippen LogP contribution in [0.5, 0.6) is 0 Å². The highest BCUT2D eigenvalue weighted by Gasteiger charge is 2.05.